The summed E-state index contributed by atoms with van der Waals surface area (Å²) in [5.41, 5.74) is 0.790. The molecule has 0 N–H and O–H groups in total. The third-order valence-corrected chi connectivity index (χ3v) is 1.69. The van der Waals surface area contributed by atoms with Gasteiger partial charge in [0.2, 0.25) is 5.82 Å². The highest BCUT2D eigenvalue weighted by Gasteiger charge is 2.08. The summed E-state index contributed by atoms with van der Waals surface area (Å²) in [6, 6.07) is 1.78. The van der Waals surface area contributed by atoms with Crippen LogP contribution in [0.5, 0.6) is 5.75 Å². The second kappa shape index (κ2) is 3.41. The average molecular weight is 191 g/mol. The first-order valence-electron chi connectivity index (χ1n) is 4.06. The number of ether oxygens (including phenoxy) is 1. The molecule has 2 rings (SSSR count). The van der Waals surface area contributed by atoms with Crippen LogP contribution in [0.15, 0.2) is 18.5 Å². The molecular weight excluding hydrogens is 182 g/mol. The number of hydrogen-bond donors (Lipinski definition) is 0. The second-order valence-electron chi connectivity index (χ2n) is 2.70. The van der Waals surface area contributed by atoms with Gasteiger partial charge >= 0.3 is 0 Å². The van der Waals surface area contributed by atoms with Gasteiger partial charge in [-0.2, -0.15) is 15.3 Å². The molecule has 0 aliphatic heterocycles. The minimum Gasteiger partial charge on any atom is -0.493 e. The van der Waals surface area contributed by atoms with Gasteiger partial charge in [-0.3, -0.25) is 0 Å². The Morgan fingerprint density at radius 3 is 2.57 bits per heavy atom. The zero-order valence-corrected chi connectivity index (χ0v) is 7.88. The molecule has 0 aromatic carbocycles. The molecule has 0 unspecified atom stereocenters. The highest BCUT2D eigenvalue weighted by atomic mass is 16.5. The molecule has 0 aliphatic rings. The van der Waals surface area contributed by atoms with E-state index in [0.717, 1.165) is 5.69 Å². The highest BCUT2D eigenvalue weighted by molar-refractivity contribution is 5.38. The molecule has 0 aliphatic carbocycles. The molecule has 0 saturated carbocycles. The van der Waals surface area contributed by atoms with E-state index in [1.165, 1.54) is 4.80 Å². The molecule has 72 valence electrons. The van der Waals surface area contributed by atoms with E-state index in [4.69, 9.17) is 4.74 Å². The van der Waals surface area contributed by atoms with Crippen molar-refractivity contribution in [1.82, 2.24) is 25.2 Å². The van der Waals surface area contributed by atoms with Crippen LogP contribution in [0.4, 0.5) is 0 Å². The molecule has 2 aromatic heterocycles. The molecule has 2 aromatic rings. The summed E-state index contributed by atoms with van der Waals surface area (Å²) in [4.78, 5) is 1.37. The van der Waals surface area contributed by atoms with Crippen molar-refractivity contribution in [3.63, 3.8) is 0 Å². The summed E-state index contributed by atoms with van der Waals surface area (Å²) in [5, 5.41) is 15.8. The van der Waals surface area contributed by atoms with Crippen molar-refractivity contribution in [1.29, 1.82) is 0 Å². The monoisotopic (exact) mass is 191 g/mol. The summed E-state index contributed by atoms with van der Waals surface area (Å²) < 4.78 is 5.15. The molecule has 0 atom stereocenters. The molecule has 0 spiro atoms. The summed E-state index contributed by atoms with van der Waals surface area (Å²) in [6.07, 6.45) is 3.14. The molecule has 6 heteroatoms. The molecule has 14 heavy (non-hydrogen) atoms. The number of aromatic nitrogens is 5. The van der Waals surface area contributed by atoms with Gasteiger partial charge in [0.25, 0.3) is 0 Å². The Bertz CT molecular complexity index is 425. The summed E-state index contributed by atoms with van der Waals surface area (Å²) >= 11 is 0. The van der Waals surface area contributed by atoms with Crippen molar-refractivity contribution in [2.24, 2.45) is 0 Å². The van der Waals surface area contributed by atoms with Crippen LogP contribution < -0.4 is 4.74 Å². The molecule has 0 saturated heterocycles. The number of nitrogens with zero attached hydrogens (tertiary/aromatic N) is 5. The molecule has 0 fully saturated rings. The lowest BCUT2D eigenvalue weighted by atomic mass is 10.4. The predicted octanol–water partition coefficient (Wildman–Crippen LogP) is 0.374. The Kier molecular flexibility index (Phi) is 2.10. The topological polar surface area (TPSA) is 65.7 Å². The van der Waals surface area contributed by atoms with Crippen molar-refractivity contribution in [2.45, 2.75) is 6.92 Å². The maximum absolute atomic E-state index is 5.15. The molecule has 2 heterocycles. The van der Waals surface area contributed by atoms with Crippen molar-refractivity contribution >= 4 is 0 Å². The molecule has 0 bridgehead atoms. The fourth-order valence-electron chi connectivity index (χ4n) is 1.07. The fourth-order valence-corrected chi connectivity index (χ4v) is 1.07. The maximum atomic E-state index is 5.15. The van der Waals surface area contributed by atoms with Crippen molar-refractivity contribution in [3.8, 4) is 11.6 Å². The average Bonchev–Trinajstić information content (AvgIpc) is 2.70. The van der Waals surface area contributed by atoms with Crippen LogP contribution in [-0.2, 0) is 0 Å². The van der Waals surface area contributed by atoms with Crippen LogP contribution in [0.25, 0.3) is 5.82 Å². The van der Waals surface area contributed by atoms with E-state index in [1.807, 2.05) is 6.92 Å². The zero-order chi connectivity index (χ0) is 9.97. The largest absolute Gasteiger partial charge is 0.493 e. The van der Waals surface area contributed by atoms with Gasteiger partial charge < -0.3 is 4.74 Å². The minimum atomic E-state index is 0.489. The molecule has 0 radical (unpaired) electrons. The van der Waals surface area contributed by atoms with Crippen LogP contribution in [0.2, 0.25) is 0 Å². The molecular formula is C8H9N5O. The predicted molar refractivity (Wildman–Crippen MR) is 48.2 cm³/mol. The van der Waals surface area contributed by atoms with Crippen molar-refractivity contribution in [2.75, 3.05) is 7.11 Å². The van der Waals surface area contributed by atoms with Gasteiger partial charge in [0.15, 0.2) is 5.75 Å². The number of aryl methyl sites for hydroxylation is 1. The summed E-state index contributed by atoms with van der Waals surface area (Å²) in [6.45, 7) is 1.84. The number of rotatable bonds is 2. The van der Waals surface area contributed by atoms with Crippen LogP contribution in [0.1, 0.15) is 5.69 Å². The third kappa shape index (κ3) is 1.41. The fraction of sp³-hybridized carbons (Fsp3) is 0.250. The Morgan fingerprint density at radius 1 is 1.21 bits per heavy atom. The van der Waals surface area contributed by atoms with Gasteiger partial charge in [-0.05, 0) is 6.92 Å². The normalized spacial score (nSPS) is 10.1. The van der Waals surface area contributed by atoms with Crippen LogP contribution >= 0.6 is 0 Å². The Hall–Kier alpha value is -1.98. The molecule has 6 nitrogen and oxygen atoms in total. The Balaban J connectivity index is 2.53. The number of methoxy groups -OCH3 is 1. The smallest absolute Gasteiger partial charge is 0.237 e. The van der Waals surface area contributed by atoms with E-state index >= 15 is 0 Å². The van der Waals surface area contributed by atoms with Crippen molar-refractivity contribution in [3.05, 3.63) is 24.2 Å². The summed E-state index contributed by atoms with van der Waals surface area (Å²) in [7, 11) is 1.57. The SMILES string of the molecule is COc1cc(C)nnc1-n1nccn1. The van der Waals surface area contributed by atoms with Gasteiger partial charge in [0, 0.05) is 6.07 Å². The summed E-state index contributed by atoms with van der Waals surface area (Å²) in [5.74, 6) is 1.09. The molecule has 0 amide bonds. The lowest BCUT2D eigenvalue weighted by Gasteiger charge is -2.05. The maximum Gasteiger partial charge on any atom is 0.237 e. The van der Waals surface area contributed by atoms with Crippen LogP contribution in [0, 0.1) is 6.92 Å². The van der Waals surface area contributed by atoms with E-state index in [1.54, 1.807) is 25.6 Å². The lowest BCUT2D eigenvalue weighted by Crippen LogP contribution is -2.06. The standard InChI is InChI=1S/C8H9N5O/c1-6-5-7(14-2)8(12-11-6)13-9-3-4-10-13/h3-5H,1-2H3. The van der Waals surface area contributed by atoms with Crippen molar-refractivity contribution < 1.29 is 4.74 Å². The van der Waals surface area contributed by atoms with Gasteiger partial charge in [-0.15, -0.1) is 9.90 Å². The second-order valence-corrected chi connectivity index (χ2v) is 2.70. The van der Waals surface area contributed by atoms with Crippen LogP contribution in [0.3, 0.4) is 0 Å². The highest BCUT2D eigenvalue weighted by Crippen LogP contribution is 2.17. The van der Waals surface area contributed by atoms with E-state index < -0.39 is 0 Å². The quantitative estimate of drug-likeness (QED) is 0.686. The minimum absolute atomic E-state index is 0.489. The zero-order valence-electron chi connectivity index (χ0n) is 7.88. The number of hydrogen-bond acceptors (Lipinski definition) is 5. The van der Waals surface area contributed by atoms with E-state index in [2.05, 4.69) is 20.4 Å². The first-order valence-corrected chi connectivity index (χ1v) is 4.06. The first kappa shape index (κ1) is 8.61. The van der Waals surface area contributed by atoms with E-state index in [0.29, 0.717) is 11.6 Å². The third-order valence-electron chi connectivity index (χ3n) is 1.69. The first-order chi connectivity index (χ1) is 6.81. The van der Waals surface area contributed by atoms with E-state index in [-0.39, 0.29) is 0 Å². The Morgan fingerprint density at radius 2 is 1.93 bits per heavy atom. The lowest BCUT2D eigenvalue weighted by molar-refractivity contribution is 0.405. The van der Waals surface area contributed by atoms with Crippen LogP contribution in [-0.4, -0.2) is 32.3 Å². The van der Waals surface area contributed by atoms with E-state index in [9.17, 15) is 0 Å². The van der Waals surface area contributed by atoms with Gasteiger partial charge in [-0.25, -0.2) is 0 Å². The van der Waals surface area contributed by atoms with Gasteiger partial charge in [0.05, 0.1) is 25.2 Å². The van der Waals surface area contributed by atoms with Gasteiger partial charge in [0.1, 0.15) is 0 Å². The van der Waals surface area contributed by atoms with Gasteiger partial charge in [-0.1, -0.05) is 0 Å². The Labute approximate surface area is 80.5 Å².